The molecule has 1 saturated heterocycles. The van der Waals surface area contributed by atoms with Crippen LogP contribution >= 0.6 is 35.3 Å². The summed E-state index contributed by atoms with van der Waals surface area (Å²) in [5, 5.41) is 14.7. The van der Waals surface area contributed by atoms with Crippen molar-refractivity contribution in [2.24, 2.45) is 0 Å². The van der Waals surface area contributed by atoms with E-state index in [4.69, 9.17) is 11.6 Å². The summed E-state index contributed by atoms with van der Waals surface area (Å²) in [6.45, 7) is 3.57. The number of thiazole rings is 1. The monoisotopic (exact) mass is 517 g/mol. The van der Waals surface area contributed by atoms with Crippen LogP contribution in [0.5, 0.6) is 0 Å². The molecule has 1 aliphatic rings. The van der Waals surface area contributed by atoms with Gasteiger partial charge in [-0.25, -0.2) is 13.8 Å². The van der Waals surface area contributed by atoms with E-state index in [1.165, 1.54) is 35.6 Å². The summed E-state index contributed by atoms with van der Waals surface area (Å²) < 4.78 is 27.8. The third-order valence-corrected chi connectivity index (χ3v) is 6.46. The second kappa shape index (κ2) is 10.6. The Morgan fingerprint density at radius 1 is 1.21 bits per heavy atom. The smallest absolute Gasteiger partial charge is 0.282 e. The number of anilines is 1. The molecule has 1 N–H and O–H groups in total. The van der Waals surface area contributed by atoms with Crippen molar-refractivity contribution in [1.82, 2.24) is 15.2 Å². The number of aromatic nitrogens is 1. The Labute approximate surface area is 202 Å². The highest BCUT2D eigenvalue weighted by Crippen LogP contribution is 2.31. The van der Waals surface area contributed by atoms with Crippen LogP contribution in [-0.2, 0) is 0 Å². The number of carbonyl (C=O) groups excluding carboxylic acids is 1. The van der Waals surface area contributed by atoms with Crippen LogP contribution in [0.15, 0.2) is 30.3 Å². The van der Waals surface area contributed by atoms with Crippen molar-refractivity contribution in [3.8, 4) is 0 Å². The highest BCUT2D eigenvalue weighted by molar-refractivity contribution is 7.22. The molecule has 4 rings (SSSR count). The summed E-state index contributed by atoms with van der Waals surface area (Å²) in [6, 6.07) is 5.96. The quantitative estimate of drug-likeness (QED) is 0.390. The first-order valence-corrected chi connectivity index (χ1v) is 11.0. The van der Waals surface area contributed by atoms with Gasteiger partial charge in [0.05, 0.1) is 9.62 Å². The molecular weight excluding hydrogens is 499 g/mol. The second-order valence-corrected chi connectivity index (χ2v) is 8.68. The summed E-state index contributed by atoms with van der Waals surface area (Å²) in [4.78, 5) is 31.3. The highest BCUT2D eigenvalue weighted by Gasteiger charge is 2.23. The SMILES string of the molecule is Cl.O=C(NCCN1CCN(c2nc3c(F)cc(F)cc3s2)CC1)c1cc(Cl)ccc1[N+](=O)[O-]. The summed E-state index contributed by atoms with van der Waals surface area (Å²) in [5.41, 5.74) is -0.203. The molecule has 13 heteroatoms. The number of hydrogen-bond donors (Lipinski definition) is 1. The average molecular weight is 518 g/mol. The van der Waals surface area contributed by atoms with E-state index in [1.54, 1.807) is 0 Å². The molecule has 0 atom stereocenters. The third-order valence-electron chi connectivity index (χ3n) is 5.16. The Hall–Kier alpha value is -2.60. The normalized spacial score (nSPS) is 14.2. The minimum atomic E-state index is -0.670. The fraction of sp³-hybridized carbons (Fsp3) is 0.300. The number of nitro groups is 1. The maximum atomic E-state index is 13.9. The molecule has 1 aromatic heterocycles. The first-order valence-electron chi connectivity index (χ1n) is 9.77. The molecule has 0 spiro atoms. The van der Waals surface area contributed by atoms with Crippen molar-refractivity contribution < 1.29 is 18.5 Å². The van der Waals surface area contributed by atoms with Gasteiger partial charge in [0.2, 0.25) is 0 Å². The second-order valence-electron chi connectivity index (χ2n) is 7.23. The number of fused-ring (bicyclic) bond motifs is 1. The van der Waals surface area contributed by atoms with Crippen molar-refractivity contribution in [2.45, 2.75) is 0 Å². The molecule has 0 bridgehead atoms. The van der Waals surface area contributed by atoms with Crippen molar-refractivity contribution in [3.05, 3.63) is 62.7 Å². The van der Waals surface area contributed by atoms with Gasteiger partial charge in [0.1, 0.15) is 16.9 Å². The Morgan fingerprint density at radius 3 is 2.64 bits per heavy atom. The van der Waals surface area contributed by atoms with Crippen molar-refractivity contribution in [1.29, 1.82) is 0 Å². The molecule has 176 valence electrons. The zero-order valence-electron chi connectivity index (χ0n) is 17.1. The molecule has 3 aromatic rings. The fourth-order valence-electron chi connectivity index (χ4n) is 3.52. The van der Waals surface area contributed by atoms with Gasteiger partial charge in [-0.1, -0.05) is 22.9 Å². The Kier molecular flexibility index (Phi) is 8.01. The molecule has 1 fully saturated rings. The molecular formula is C20H19Cl2F2N5O3S. The Balaban J connectivity index is 0.00000306. The number of rotatable bonds is 6. The molecule has 33 heavy (non-hydrogen) atoms. The average Bonchev–Trinajstić information content (AvgIpc) is 3.18. The van der Waals surface area contributed by atoms with Gasteiger partial charge < -0.3 is 10.2 Å². The lowest BCUT2D eigenvalue weighted by atomic mass is 10.1. The lowest BCUT2D eigenvalue weighted by Crippen LogP contribution is -2.48. The summed E-state index contributed by atoms with van der Waals surface area (Å²) in [5.74, 6) is -1.85. The molecule has 0 unspecified atom stereocenters. The molecule has 8 nitrogen and oxygen atoms in total. The van der Waals surface area contributed by atoms with Gasteiger partial charge >= 0.3 is 0 Å². The van der Waals surface area contributed by atoms with E-state index < -0.39 is 22.5 Å². The van der Waals surface area contributed by atoms with E-state index in [-0.39, 0.29) is 34.2 Å². The number of carbonyl (C=O) groups is 1. The van der Waals surface area contributed by atoms with Gasteiger partial charge in [0.15, 0.2) is 10.9 Å². The van der Waals surface area contributed by atoms with Crippen LogP contribution in [0.1, 0.15) is 10.4 Å². The van der Waals surface area contributed by atoms with Gasteiger partial charge in [-0.3, -0.25) is 19.8 Å². The lowest BCUT2D eigenvalue weighted by molar-refractivity contribution is -0.385. The Morgan fingerprint density at radius 2 is 1.94 bits per heavy atom. The molecule has 1 amide bonds. The van der Waals surface area contributed by atoms with E-state index in [0.717, 1.165) is 6.07 Å². The van der Waals surface area contributed by atoms with Crippen LogP contribution in [0.2, 0.25) is 5.02 Å². The maximum Gasteiger partial charge on any atom is 0.282 e. The minimum Gasteiger partial charge on any atom is -0.351 e. The Bertz CT molecular complexity index is 1190. The van der Waals surface area contributed by atoms with Crippen molar-refractivity contribution in [2.75, 3.05) is 44.2 Å². The van der Waals surface area contributed by atoms with Gasteiger partial charge in [-0.05, 0) is 18.2 Å². The van der Waals surface area contributed by atoms with E-state index in [0.29, 0.717) is 49.1 Å². The number of amides is 1. The number of benzene rings is 2. The first-order chi connectivity index (χ1) is 15.3. The number of nitrogens with zero attached hydrogens (tertiary/aromatic N) is 4. The van der Waals surface area contributed by atoms with Crippen LogP contribution in [0, 0.1) is 21.7 Å². The molecule has 0 saturated carbocycles. The third kappa shape index (κ3) is 5.67. The highest BCUT2D eigenvalue weighted by atomic mass is 35.5. The van der Waals surface area contributed by atoms with Crippen LogP contribution < -0.4 is 10.2 Å². The standard InChI is InChI=1S/C20H18ClF2N5O3S.ClH/c21-12-1-2-16(28(30)31)14(9-12)19(29)24-3-4-26-5-7-27(8-6-26)20-25-18-15(23)10-13(22)11-17(18)32-20;/h1-2,9-11H,3-8H2,(H,24,29);1H. The van der Waals surface area contributed by atoms with E-state index in [1.807, 2.05) is 4.90 Å². The van der Waals surface area contributed by atoms with E-state index in [2.05, 4.69) is 15.2 Å². The van der Waals surface area contributed by atoms with Crippen molar-refractivity contribution >= 4 is 62.3 Å². The summed E-state index contributed by atoms with van der Waals surface area (Å²) in [7, 11) is 0. The molecule has 2 aromatic carbocycles. The van der Waals surface area contributed by atoms with Gasteiger partial charge in [-0.2, -0.15) is 0 Å². The predicted molar refractivity (Wildman–Crippen MR) is 126 cm³/mol. The zero-order valence-corrected chi connectivity index (χ0v) is 19.5. The zero-order chi connectivity index (χ0) is 22.8. The van der Waals surface area contributed by atoms with Crippen molar-refractivity contribution in [3.63, 3.8) is 0 Å². The summed E-state index contributed by atoms with van der Waals surface area (Å²) >= 11 is 7.12. The lowest BCUT2D eigenvalue weighted by Gasteiger charge is -2.34. The van der Waals surface area contributed by atoms with Gasteiger partial charge in [0, 0.05) is 56.4 Å². The number of nitro benzene ring substituents is 1. The molecule has 0 aliphatic carbocycles. The van der Waals surface area contributed by atoms with Gasteiger partial charge in [0.25, 0.3) is 11.6 Å². The number of nitrogens with one attached hydrogen (secondary N) is 1. The number of hydrogen-bond acceptors (Lipinski definition) is 7. The molecule has 1 aliphatic heterocycles. The van der Waals surface area contributed by atoms with Crippen LogP contribution in [-0.4, -0.2) is 60.0 Å². The summed E-state index contributed by atoms with van der Waals surface area (Å²) in [6.07, 6.45) is 0. The van der Waals surface area contributed by atoms with E-state index >= 15 is 0 Å². The molecule has 0 radical (unpaired) electrons. The number of piperazine rings is 1. The van der Waals surface area contributed by atoms with Crippen LogP contribution in [0.4, 0.5) is 19.6 Å². The van der Waals surface area contributed by atoms with Gasteiger partial charge in [-0.15, -0.1) is 12.4 Å². The molecule has 2 heterocycles. The van der Waals surface area contributed by atoms with Crippen LogP contribution in [0.3, 0.4) is 0 Å². The number of halogens is 4. The minimum absolute atomic E-state index is 0. The van der Waals surface area contributed by atoms with E-state index in [9.17, 15) is 23.7 Å². The largest absolute Gasteiger partial charge is 0.351 e. The fourth-order valence-corrected chi connectivity index (χ4v) is 4.74. The first kappa shape index (κ1) is 25.0. The topological polar surface area (TPSA) is 91.6 Å². The van der Waals surface area contributed by atoms with Crippen LogP contribution in [0.25, 0.3) is 10.2 Å². The maximum absolute atomic E-state index is 13.9. The predicted octanol–water partition coefficient (Wildman–Crippen LogP) is 4.11.